The molecule has 0 bridgehead atoms. The van der Waals surface area contributed by atoms with Crippen LogP contribution in [0.1, 0.15) is 23.3 Å². The fourth-order valence-corrected chi connectivity index (χ4v) is 1.19. The number of carbonyl (C=O) groups is 1. The summed E-state index contributed by atoms with van der Waals surface area (Å²) in [6, 6.07) is 0. The number of H-pyrrole nitrogens is 1. The third kappa shape index (κ3) is 1.67. The molecule has 1 aliphatic heterocycles. The number of rotatable bonds is 1. The van der Waals surface area contributed by atoms with Gasteiger partial charge in [-0.05, 0) is 12.8 Å². The van der Waals surface area contributed by atoms with Gasteiger partial charge < -0.3 is 0 Å². The third-order valence-electron chi connectivity index (χ3n) is 1.86. The molecule has 0 radical (unpaired) electrons. The van der Waals surface area contributed by atoms with Gasteiger partial charge in [-0.15, -0.1) is 0 Å². The van der Waals surface area contributed by atoms with Crippen LogP contribution in [0.25, 0.3) is 0 Å². The molecule has 0 atom stereocenters. The summed E-state index contributed by atoms with van der Waals surface area (Å²) in [7, 11) is 0. The molecule has 0 spiro atoms. The van der Waals surface area contributed by atoms with E-state index in [4.69, 9.17) is 4.84 Å². The van der Waals surface area contributed by atoms with Gasteiger partial charge >= 0.3 is 0 Å². The molecule has 1 aliphatic rings. The van der Waals surface area contributed by atoms with Gasteiger partial charge in [-0.1, -0.05) is 0 Å². The smallest absolute Gasteiger partial charge is 0.271 e. The Morgan fingerprint density at radius 3 is 3.15 bits per heavy atom. The number of carbonyl (C=O) groups excluding carboxylic acids is 1. The second kappa shape index (κ2) is 3.53. The fraction of sp³-hybridized carbons (Fsp3) is 0.571. The summed E-state index contributed by atoms with van der Waals surface area (Å²) >= 11 is 0. The van der Waals surface area contributed by atoms with Crippen LogP contribution in [0.3, 0.4) is 0 Å². The Balaban J connectivity index is 2.04. The van der Waals surface area contributed by atoms with Crippen LogP contribution in [0.2, 0.25) is 0 Å². The Hall–Kier alpha value is -1.43. The average Bonchev–Trinajstić information content (AvgIpc) is 2.71. The van der Waals surface area contributed by atoms with Gasteiger partial charge in [-0.3, -0.25) is 9.63 Å². The lowest BCUT2D eigenvalue weighted by Gasteiger charge is -2.24. The Morgan fingerprint density at radius 1 is 1.62 bits per heavy atom. The molecular formula is C7H10N4O2. The molecule has 1 saturated heterocycles. The van der Waals surface area contributed by atoms with Gasteiger partial charge in [-0.2, -0.15) is 15.4 Å². The minimum Gasteiger partial charge on any atom is -0.271 e. The molecule has 1 aromatic heterocycles. The van der Waals surface area contributed by atoms with E-state index in [1.165, 1.54) is 11.3 Å². The zero-order valence-electron chi connectivity index (χ0n) is 7.06. The van der Waals surface area contributed by atoms with E-state index in [1.54, 1.807) is 0 Å². The van der Waals surface area contributed by atoms with Crippen molar-refractivity contribution in [3.8, 4) is 0 Å². The van der Waals surface area contributed by atoms with Crippen molar-refractivity contribution in [2.45, 2.75) is 12.8 Å². The SMILES string of the molecule is O=C(c1cn[nH]n1)N1CCCCO1. The van der Waals surface area contributed by atoms with E-state index in [0.717, 1.165) is 12.8 Å². The van der Waals surface area contributed by atoms with E-state index in [9.17, 15) is 4.79 Å². The lowest BCUT2D eigenvalue weighted by Crippen LogP contribution is -2.35. The predicted molar refractivity (Wildman–Crippen MR) is 42.6 cm³/mol. The fourth-order valence-electron chi connectivity index (χ4n) is 1.19. The largest absolute Gasteiger partial charge is 0.299 e. The number of hydroxylamine groups is 2. The van der Waals surface area contributed by atoms with Gasteiger partial charge in [0.15, 0.2) is 5.69 Å². The minimum absolute atomic E-state index is 0.228. The number of hydrogen-bond acceptors (Lipinski definition) is 4. The maximum absolute atomic E-state index is 11.5. The van der Waals surface area contributed by atoms with Crippen molar-refractivity contribution in [3.63, 3.8) is 0 Å². The summed E-state index contributed by atoms with van der Waals surface area (Å²) in [5.74, 6) is -0.228. The second-order valence-corrected chi connectivity index (χ2v) is 2.80. The van der Waals surface area contributed by atoms with Crippen LogP contribution >= 0.6 is 0 Å². The maximum atomic E-state index is 11.5. The summed E-state index contributed by atoms with van der Waals surface area (Å²) in [5.41, 5.74) is 0.293. The van der Waals surface area contributed by atoms with Gasteiger partial charge in [0.05, 0.1) is 12.8 Å². The van der Waals surface area contributed by atoms with E-state index in [2.05, 4.69) is 15.4 Å². The van der Waals surface area contributed by atoms with Crippen molar-refractivity contribution >= 4 is 5.91 Å². The van der Waals surface area contributed by atoms with Crippen molar-refractivity contribution < 1.29 is 9.63 Å². The predicted octanol–water partition coefficient (Wildman–Crippen LogP) is -0.0277. The van der Waals surface area contributed by atoms with Crippen LogP contribution in [-0.2, 0) is 4.84 Å². The highest BCUT2D eigenvalue weighted by Crippen LogP contribution is 2.08. The number of nitrogens with zero attached hydrogens (tertiary/aromatic N) is 3. The maximum Gasteiger partial charge on any atom is 0.299 e. The summed E-state index contributed by atoms with van der Waals surface area (Å²) in [4.78, 5) is 16.7. The third-order valence-corrected chi connectivity index (χ3v) is 1.86. The highest BCUT2D eigenvalue weighted by atomic mass is 16.7. The highest BCUT2D eigenvalue weighted by molar-refractivity contribution is 5.91. The molecule has 13 heavy (non-hydrogen) atoms. The first-order valence-electron chi connectivity index (χ1n) is 4.18. The van der Waals surface area contributed by atoms with Crippen molar-refractivity contribution in [2.75, 3.05) is 13.2 Å². The molecule has 2 heterocycles. The van der Waals surface area contributed by atoms with Crippen molar-refractivity contribution in [1.29, 1.82) is 0 Å². The topological polar surface area (TPSA) is 71.1 Å². The summed E-state index contributed by atoms with van der Waals surface area (Å²) in [6.45, 7) is 1.23. The van der Waals surface area contributed by atoms with Gasteiger partial charge in [0, 0.05) is 6.54 Å². The van der Waals surface area contributed by atoms with Crippen LogP contribution in [0.15, 0.2) is 6.20 Å². The van der Waals surface area contributed by atoms with Crippen molar-refractivity contribution in [1.82, 2.24) is 20.5 Å². The quantitative estimate of drug-likeness (QED) is 0.662. The van der Waals surface area contributed by atoms with Gasteiger partial charge in [-0.25, -0.2) is 5.06 Å². The number of nitrogens with one attached hydrogen (secondary N) is 1. The molecule has 0 saturated carbocycles. The van der Waals surface area contributed by atoms with E-state index in [1.807, 2.05) is 0 Å². The number of amides is 1. The first-order valence-corrected chi connectivity index (χ1v) is 4.18. The zero-order valence-corrected chi connectivity index (χ0v) is 7.06. The molecule has 1 aromatic rings. The molecule has 0 aromatic carbocycles. The number of aromatic nitrogens is 3. The Morgan fingerprint density at radius 2 is 2.54 bits per heavy atom. The molecular weight excluding hydrogens is 172 g/mol. The van der Waals surface area contributed by atoms with Crippen LogP contribution in [-0.4, -0.2) is 39.5 Å². The zero-order chi connectivity index (χ0) is 9.10. The molecule has 0 unspecified atom stereocenters. The lowest BCUT2D eigenvalue weighted by molar-refractivity contribution is -0.144. The van der Waals surface area contributed by atoms with Crippen LogP contribution < -0.4 is 0 Å². The van der Waals surface area contributed by atoms with Crippen molar-refractivity contribution in [3.05, 3.63) is 11.9 Å². The molecule has 1 amide bonds. The normalized spacial score (nSPS) is 17.4. The van der Waals surface area contributed by atoms with Crippen LogP contribution in [0, 0.1) is 0 Å². The van der Waals surface area contributed by atoms with Crippen LogP contribution in [0.5, 0.6) is 0 Å². The summed E-state index contributed by atoms with van der Waals surface area (Å²) in [5, 5.41) is 11.0. The Labute approximate surface area is 74.8 Å². The lowest BCUT2D eigenvalue weighted by atomic mass is 10.3. The molecule has 6 nitrogen and oxygen atoms in total. The van der Waals surface area contributed by atoms with Gasteiger partial charge in [0.1, 0.15) is 0 Å². The molecule has 0 aliphatic carbocycles. The van der Waals surface area contributed by atoms with Crippen molar-refractivity contribution in [2.24, 2.45) is 0 Å². The molecule has 2 rings (SSSR count). The molecule has 6 heteroatoms. The summed E-state index contributed by atoms with van der Waals surface area (Å²) < 4.78 is 0. The van der Waals surface area contributed by atoms with E-state index in [-0.39, 0.29) is 5.91 Å². The minimum atomic E-state index is -0.228. The molecule has 1 fully saturated rings. The first-order chi connectivity index (χ1) is 6.38. The van der Waals surface area contributed by atoms with Crippen LogP contribution in [0.4, 0.5) is 0 Å². The number of aromatic amines is 1. The van der Waals surface area contributed by atoms with E-state index in [0.29, 0.717) is 18.8 Å². The molecule has 1 N–H and O–H groups in total. The Kier molecular flexibility index (Phi) is 2.22. The average molecular weight is 182 g/mol. The van der Waals surface area contributed by atoms with Gasteiger partial charge in [0.2, 0.25) is 0 Å². The van der Waals surface area contributed by atoms with E-state index < -0.39 is 0 Å². The highest BCUT2D eigenvalue weighted by Gasteiger charge is 2.20. The standard InChI is InChI=1S/C7H10N4O2/c12-7(6-5-8-10-9-6)11-3-1-2-4-13-11/h5H,1-4H2,(H,8,9,10). The summed E-state index contributed by atoms with van der Waals surface area (Å²) in [6.07, 6.45) is 3.37. The second-order valence-electron chi connectivity index (χ2n) is 2.80. The van der Waals surface area contributed by atoms with E-state index >= 15 is 0 Å². The molecule has 70 valence electrons. The number of hydrogen-bond donors (Lipinski definition) is 1. The van der Waals surface area contributed by atoms with Gasteiger partial charge in [0.25, 0.3) is 5.91 Å². The Bertz CT molecular complexity index is 279. The first kappa shape index (κ1) is 8.18. The monoisotopic (exact) mass is 182 g/mol.